The van der Waals surface area contributed by atoms with Crippen molar-refractivity contribution in [2.24, 2.45) is 5.73 Å². The first-order chi connectivity index (χ1) is 9.33. The van der Waals surface area contributed by atoms with E-state index in [1.807, 2.05) is 11.8 Å². The summed E-state index contributed by atoms with van der Waals surface area (Å²) >= 11 is 1.86. The third-order valence-electron chi connectivity index (χ3n) is 3.76. The summed E-state index contributed by atoms with van der Waals surface area (Å²) in [5.74, 6) is 1.69. The van der Waals surface area contributed by atoms with Gasteiger partial charge >= 0.3 is 0 Å². The highest BCUT2D eigenvalue weighted by Crippen LogP contribution is 2.38. The zero-order valence-electron chi connectivity index (χ0n) is 11.0. The fraction of sp³-hybridized carbons (Fsp3) is 0.294. The van der Waals surface area contributed by atoms with Gasteiger partial charge in [-0.25, -0.2) is 0 Å². The average Bonchev–Trinajstić information content (AvgIpc) is 2.44. The van der Waals surface area contributed by atoms with Crippen molar-refractivity contribution in [3.63, 3.8) is 0 Å². The van der Waals surface area contributed by atoms with Crippen LogP contribution in [-0.4, -0.2) is 11.8 Å². The van der Waals surface area contributed by atoms with Crippen LogP contribution in [0.2, 0.25) is 0 Å². The Labute approximate surface area is 119 Å². The van der Waals surface area contributed by atoms with E-state index in [4.69, 9.17) is 5.73 Å². The lowest BCUT2D eigenvalue weighted by atomic mass is 9.75. The first-order valence-electron chi connectivity index (χ1n) is 6.84. The van der Waals surface area contributed by atoms with Gasteiger partial charge in [0.1, 0.15) is 0 Å². The summed E-state index contributed by atoms with van der Waals surface area (Å²) in [6.07, 6.45) is 2.32. The molecule has 2 aromatic carbocycles. The van der Waals surface area contributed by atoms with E-state index < -0.39 is 0 Å². The van der Waals surface area contributed by atoms with Crippen molar-refractivity contribution >= 4 is 11.8 Å². The molecule has 0 aromatic heterocycles. The second-order valence-electron chi connectivity index (χ2n) is 5.22. The zero-order chi connectivity index (χ0) is 13.1. The second-order valence-corrected chi connectivity index (χ2v) is 6.31. The number of fused-ring (bicyclic) bond motifs is 1. The van der Waals surface area contributed by atoms with Gasteiger partial charge in [-0.05, 0) is 42.0 Å². The lowest BCUT2D eigenvalue weighted by molar-refractivity contribution is 0.510. The molecule has 1 aliphatic carbocycles. The maximum absolute atomic E-state index is 6.27. The van der Waals surface area contributed by atoms with Crippen LogP contribution in [0.4, 0.5) is 0 Å². The molecular weight excluding hydrogens is 250 g/mol. The lowest BCUT2D eigenvalue weighted by Gasteiger charge is -2.32. The summed E-state index contributed by atoms with van der Waals surface area (Å²) in [6, 6.07) is 19.5. The van der Waals surface area contributed by atoms with Crippen LogP contribution in [0.1, 0.15) is 23.5 Å². The van der Waals surface area contributed by atoms with E-state index in [9.17, 15) is 0 Å². The average molecular weight is 269 g/mol. The van der Waals surface area contributed by atoms with E-state index in [2.05, 4.69) is 54.6 Å². The number of hydrogen-bond donors (Lipinski definition) is 1. The van der Waals surface area contributed by atoms with Crippen molar-refractivity contribution in [2.45, 2.75) is 29.7 Å². The molecule has 0 radical (unpaired) electrons. The van der Waals surface area contributed by atoms with Gasteiger partial charge in [0.2, 0.25) is 0 Å². The van der Waals surface area contributed by atoms with E-state index >= 15 is 0 Å². The molecule has 2 unspecified atom stereocenters. The summed E-state index contributed by atoms with van der Waals surface area (Å²) in [5.41, 5.74) is 9.29. The van der Waals surface area contributed by atoms with Crippen LogP contribution in [0.5, 0.6) is 0 Å². The molecule has 19 heavy (non-hydrogen) atoms. The Kier molecular flexibility index (Phi) is 3.90. The molecule has 0 fully saturated rings. The number of rotatable bonds is 5. The number of thioether (sulfide) groups is 1. The molecule has 1 aliphatic rings. The van der Waals surface area contributed by atoms with Crippen molar-refractivity contribution in [3.05, 3.63) is 65.7 Å². The SMILES string of the molecule is NC(CSc1ccccc1)CC1Cc2ccccc21. The minimum atomic E-state index is 0.281. The lowest BCUT2D eigenvalue weighted by Crippen LogP contribution is -2.29. The van der Waals surface area contributed by atoms with Gasteiger partial charge in [-0.2, -0.15) is 0 Å². The first-order valence-corrected chi connectivity index (χ1v) is 7.82. The van der Waals surface area contributed by atoms with Crippen molar-refractivity contribution in [1.82, 2.24) is 0 Å². The smallest absolute Gasteiger partial charge is 0.0139 e. The Morgan fingerprint density at radius 1 is 1.05 bits per heavy atom. The summed E-state index contributed by atoms with van der Waals surface area (Å²) in [4.78, 5) is 1.31. The van der Waals surface area contributed by atoms with Gasteiger partial charge in [0.05, 0.1) is 0 Å². The first kappa shape index (κ1) is 12.8. The third kappa shape index (κ3) is 3.02. The number of benzene rings is 2. The van der Waals surface area contributed by atoms with Crippen molar-refractivity contribution in [1.29, 1.82) is 0 Å². The number of nitrogens with two attached hydrogens (primary N) is 1. The van der Waals surface area contributed by atoms with Crippen LogP contribution in [0, 0.1) is 0 Å². The summed E-state index contributed by atoms with van der Waals surface area (Å²) < 4.78 is 0. The molecular formula is C17H19NS. The van der Waals surface area contributed by atoms with E-state index in [-0.39, 0.29) is 6.04 Å². The zero-order valence-corrected chi connectivity index (χ0v) is 11.8. The molecule has 0 saturated heterocycles. The van der Waals surface area contributed by atoms with Crippen LogP contribution in [-0.2, 0) is 6.42 Å². The predicted octanol–water partition coefficient (Wildman–Crippen LogP) is 3.84. The Bertz CT molecular complexity index is 538. The third-order valence-corrected chi connectivity index (χ3v) is 4.96. The van der Waals surface area contributed by atoms with Gasteiger partial charge in [-0.3, -0.25) is 0 Å². The van der Waals surface area contributed by atoms with E-state index in [1.165, 1.54) is 22.4 Å². The molecule has 0 bridgehead atoms. The molecule has 0 heterocycles. The van der Waals surface area contributed by atoms with Crippen LogP contribution in [0.15, 0.2) is 59.5 Å². The van der Waals surface area contributed by atoms with Crippen molar-refractivity contribution < 1.29 is 0 Å². The predicted molar refractivity (Wildman–Crippen MR) is 82.6 cm³/mol. The normalized spacial score (nSPS) is 18.5. The van der Waals surface area contributed by atoms with Gasteiger partial charge in [-0.1, -0.05) is 42.5 Å². The molecule has 0 aliphatic heterocycles. The Balaban J connectivity index is 1.49. The van der Waals surface area contributed by atoms with E-state index in [0.29, 0.717) is 5.92 Å². The molecule has 2 N–H and O–H groups in total. The monoisotopic (exact) mass is 269 g/mol. The summed E-state index contributed by atoms with van der Waals surface area (Å²) in [6.45, 7) is 0. The molecule has 98 valence electrons. The molecule has 2 atom stereocenters. The Morgan fingerprint density at radius 2 is 1.79 bits per heavy atom. The molecule has 1 nitrogen and oxygen atoms in total. The fourth-order valence-electron chi connectivity index (χ4n) is 2.73. The minimum Gasteiger partial charge on any atom is -0.327 e. The Morgan fingerprint density at radius 3 is 2.58 bits per heavy atom. The van der Waals surface area contributed by atoms with Gasteiger partial charge in [-0.15, -0.1) is 11.8 Å². The summed E-state index contributed by atoms with van der Waals surface area (Å²) in [5, 5.41) is 0. The van der Waals surface area contributed by atoms with Gasteiger partial charge in [0.15, 0.2) is 0 Å². The topological polar surface area (TPSA) is 26.0 Å². The van der Waals surface area contributed by atoms with E-state index in [0.717, 1.165) is 12.2 Å². The van der Waals surface area contributed by atoms with Gasteiger partial charge in [0.25, 0.3) is 0 Å². The van der Waals surface area contributed by atoms with E-state index in [1.54, 1.807) is 0 Å². The fourth-order valence-corrected chi connectivity index (χ4v) is 3.62. The maximum atomic E-state index is 6.27. The Hall–Kier alpha value is -1.25. The highest BCUT2D eigenvalue weighted by atomic mass is 32.2. The van der Waals surface area contributed by atoms with Crippen LogP contribution >= 0.6 is 11.8 Å². The highest BCUT2D eigenvalue weighted by molar-refractivity contribution is 7.99. The molecule has 2 aromatic rings. The van der Waals surface area contributed by atoms with Crippen LogP contribution in [0.25, 0.3) is 0 Å². The second kappa shape index (κ2) is 5.81. The summed E-state index contributed by atoms with van der Waals surface area (Å²) in [7, 11) is 0. The largest absolute Gasteiger partial charge is 0.327 e. The maximum Gasteiger partial charge on any atom is 0.0139 e. The standard InChI is InChI=1S/C17H19NS/c18-15(12-19-16-7-2-1-3-8-16)11-14-10-13-6-4-5-9-17(13)14/h1-9,14-15H,10-12,18H2. The van der Waals surface area contributed by atoms with Crippen LogP contribution in [0.3, 0.4) is 0 Å². The van der Waals surface area contributed by atoms with Crippen molar-refractivity contribution in [3.8, 4) is 0 Å². The molecule has 0 amide bonds. The number of hydrogen-bond acceptors (Lipinski definition) is 2. The molecule has 3 rings (SSSR count). The van der Waals surface area contributed by atoms with Crippen molar-refractivity contribution in [2.75, 3.05) is 5.75 Å². The quantitative estimate of drug-likeness (QED) is 0.835. The molecule has 2 heteroatoms. The highest BCUT2D eigenvalue weighted by Gasteiger charge is 2.26. The van der Waals surface area contributed by atoms with Gasteiger partial charge in [0, 0.05) is 16.7 Å². The molecule has 0 saturated carbocycles. The van der Waals surface area contributed by atoms with Gasteiger partial charge < -0.3 is 5.73 Å². The van der Waals surface area contributed by atoms with Crippen LogP contribution < -0.4 is 5.73 Å². The minimum absolute atomic E-state index is 0.281. The molecule has 0 spiro atoms.